The van der Waals surface area contributed by atoms with Crippen LogP contribution in [0.1, 0.15) is 43.7 Å². The first-order valence-corrected chi connectivity index (χ1v) is 9.46. The molecule has 0 bridgehead atoms. The van der Waals surface area contributed by atoms with Crippen molar-refractivity contribution in [3.05, 3.63) is 29.3 Å². The number of benzene rings is 1. The lowest BCUT2D eigenvalue weighted by Gasteiger charge is -2.33. The average molecular weight is 427 g/mol. The van der Waals surface area contributed by atoms with Crippen molar-refractivity contribution < 1.29 is 26.3 Å². The van der Waals surface area contributed by atoms with Crippen molar-refractivity contribution in [1.29, 1.82) is 0 Å². The van der Waals surface area contributed by atoms with Gasteiger partial charge in [-0.1, -0.05) is 6.42 Å². The summed E-state index contributed by atoms with van der Waals surface area (Å²) in [5.74, 6) is 0. The van der Waals surface area contributed by atoms with Gasteiger partial charge in [0.2, 0.25) is 0 Å². The zero-order chi connectivity index (χ0) is 20.9. The third kappa shape index (κ3) is 6.80. The Morgan fingerprint density at radius 2 is 1.68 bits per heavy atom. The highest BCUT2D eigenvalue weighted by Gasteiger charge is 2.37. The normalized spacial score (nSPS) is 18.8. The first-order chi connectivity index (χ1) is 13.0. The molecule has 158 valence electrons. The molecular formula is C18H23F6N3S. The Morgan fingerprint density at radius 3 is 2.21 bits per heavy atom. The van der Waals surface area contributed by atoms with Gasteiger partial charge in [-0.15, -0.1) is 0 Å². The van der Waals surface area contributed by atoms with Crippen LogP contribution in [-0.2, 0) is 12.4 Å². The van der Waals surface area contributed by atoms with E-state index in [1.54, 1.807) is 0 Å². The van der Waals surface area contributed by atoms with Crippen LogP contribution in [0, 0.1) is 0 Å². The molecule has 1 aliphatic heterocycles. The van der Waals surface area contributed by atoms with Gasteiger partial charge in [-0.2, -0.15) is 26.3 Å². The molecule has 1 unspecified atom stereocenters. The predicted octanol–water partition coefficient (Wildman–Crippen LogP) is 5.28. The van der Waals surface area contributed by atoms with E-state index in [1.165, 1.54) is 6.42 Å². The minimum absolute atomic E-state index is 0.0147. The molecule has 0 aliphatic carbocycles. The van der Waals surface area contributed by atoms with Gasteiger partial charge >= 0.3 is 12.4 Å². The minimum Gasteiger partial charge on any atom is -0.362 e. The zero-order valence-electron chi connectivity index (χ0n) is 15.4. The van der Waals surface area contributed by atoms with Crippen molar-refractivity contribution in [2.75, 3.05) is 25.0 Å². The van der Waals surface area contributed by atoms with Crippen molar-refractivity contribution in [3.8, 4) is 0 Å². The van der Waals surface area contributed by atoms with Crippen molar-refractivity contribution in [2.24, 2.45) is 0 Å². The molecule has 1 aromatic carbocycles. The number of nitrogens with zero attached hydrogens (tertiary/aromatic N) is 1. The van der Waals surface area contributed by atoms with Crippen molar-refractivity contribution >= 4 is 23.0 Å². The third-order valence-corrected chi connectivity index (χ3v) is 4.94. The molecule has 0 radical (unpaired) electrons. The highest BCUT2D eigenvalue weighted by atomic mass is 32.1. The second-order valence-electron chi connectivity index (χ2n) is 6.91. The van der Waals surface area contributed by atoms with Crippen LogP contribution in [0.2, 0.25) is 0 Å². The van der Waals surface area contributed by atoms with Gasteiger partial charge in [-0.05, 0) is 63.1 Å². The number of likely N-dealkylation sites (tertiary alicyclic amines) is 1. The van der Waals surface area contributed by atoms with Gasteiger partial charge in [0.05, 0.1) is 11.1 Å². The van der Waals surface area contributed by atoms with Crippen molar-refractivity contribution in [3.63, 3.8) is 0 Å². The summed E-state index contributed by atoms with van der Waals surface area (Å²) in [5.41, 5.74) is -3.12. The maximum absolute atomic E-state index is 12.9. The first-order valence-electron chi connectivity index (χ1n) is 9.05. The number of anilines is 1. The Bertz CT molecular complexity index is 642. The number of halogens is 6. The van der Waals surface area contributed by atoms with Crippen LogP contribution < -0.4 is 10.6 Å². The second-order valence-corrected chi connectivity index (χ2v) is 7.32. The highest BCUT2D eigenvalue weighted by molar-refractivity contribution is 7.80. The largest absolute Gasteiger partial charge is 0.416 e. The van der Waals surface area contributed by atoms with E-state index in [-0.39, 0.29) is 16.9 Å². The van der Waals surface area contributed by atoms with Crippen LogP contribution >= 0.6 is 12.2 Å². The van der Waals surface area contributed by atoms with Crippen LogP contribution in [0.3, 0.4) is 0 Å². The number of nitrogens with one attached hydrogen (secondary N) is 2. The molecule has 3 nitrogen and oxygen atoms in total. The molecular weight excluding hydrogens is 404 g/mol. The fourth-order valence-electron chi connectivity index (χ4n) is 3.18. The number of alkyl halides is 6. The fourth-order valence-corrected chi connectivity index (χ4v) is 3.40. The summed E-state index contributed by atoms with van der Waals surface area (Å²) < 4.78 is 77.3. The zero-order valence-corrected chi connectivity index (χ0v) is 16.2. The smallest absolute Gasteiger partial charge is 0.362 e. The molecule has 1 aromatic rings. The number of thiocarbonyl (C=S) groups is 1. The number of hydrogen-bond acceptors (Lipinski definition) is 2. The van der Waals surface area contributed by atoms with Gasteiger partial charge in [0.1, 0.15) is 0 Å². The second kappa shape index (κ2) is 9.30. The first kappa shape index (κ1) is 22.7. The molecule has 2 N–H and O–H groups in total. The Kier molecular flexibility index (Phi) is 7.55. The maximum atomic E-state index is 12.9. The average Bonchev–Trinajstić information content (AvgIpc) is 2.58. The molecule has 0 saturated carbocycles. The van der Waals surface area contributed by atoms with Gasteiger partial charge in [-0.25, -0.2) is 0 Å². The van der Waals surface area contributed by atoms with Crippen LogP contribution in [0.25, 0.3) is 0 Å². The topological polar surface area (TPSA) is 27.3 Å². The summed E-state index contributed by atoms with van der Waals surface area (Å²) in [5, 5.41) is 5.24. The quantitative estimate of drug-likeness (QED) is 0.380. The van der Waals surface area contributed by atoms with E-state index in [0.29, 0.717) is 24.7 Å². The highest BCUT2D eigenvalue weighted by Crippen LogP contribution is 2.37. The molecule has 0 spiro atoms. The van der Waals surface area contributed by atoms with Gasteiger partial charge in [-0.3, -0.25) is 0 Å². The van der Waals surface area contributed by atoms with E-state index >= 15 is 0 Å². The lowest BCUT2D eigenvalue weighted by atomic mass is 10.0. The van der Waals surface area contributed by atoms with E-state index in [9.17, 15) is 26.3 Å². The Morgan fingerprint density at radius 1 is 1.07 bits per heavy atom. The summed E-state index contributed by atoms with van der Waals surface area (Å²) in [6, 6.07) is 1.82. The maximum Gasteiger partial charge on any atom is 0.416 e. The summed E-state index contributed by atoms with van der Waals surface area (Å²) in [6.07, 6.45) is -5.47. The molecule has 1 fully saturated rings. The van der Waals surface area contributed by atoms with Gasteiger partial charge in [0.25, 0.3) is 0 Å². The van der Waals surface area contributed by atoms with Gasteiger partial charge in [0, 0.05) is 24.8 Å². The van der Waals surface area contributed by atoms with E-state index < -0.39 is 23.5 Å². The van der Waals surface area contributed by atoms with E-state index in [4.69, 9.17) is 12.2 Å². The molecule has 0 amide bonds. The molecule has 10 heteroatoms. The summed E-state index contributed by atoms with van der Waals surface area (Å²) in [7, 11) is 0. The summed E-state index contributed by atoms with van der Waals surface area (Å²) in [4.78, 5) is 2.37. The van der Waals surface area contributed by atoms with Crippen molar-refractivity contribution in [1.82, 2.24) is 10.2 Å². The lowest BCUT2D eigenvalue weighted by molar-refractivity contribution is -0.143. The lowest BCUT2D eigenvalue weighted by Crippen LogP contribution is -2.39. The molecule has 1 heterocycles. The van der Waals surface area contributed by atoms with E-state index in [0.717, 1.165) is 32.4 Å². The Hall–Kier alpha value is -1.55. The monoisotopic (exact) mass is 427 g/mol. The fraction of sp³-hybridized carbons (Fsp3) is 0.611. The van der Waals surface area contributed by atoms with Crippen molar-refractivity contribution in [2.45, 2.75) is 51.0 Å². The Balaban J connectivity index is 1.91. The van der Waals surface area contributed by atoms with Crippen LogP contribution in [0.15, 0.2) is 18.2 Å². The molecule has 2 rings (SSSR count). The third-order valence-electron chi connectivity index (χ3n) is 4.69. The van der Waals surface area contributed by atoms with Gasteiger partial charge in [0.15, 0.2) is 5.11 Å². The molecule has 1 aliphatic rings. The minimum atomic E-state index is -4.89. The summed E-state index contributed by atoms with van der Waals surface area (Å²) in [6.45, 7) is 4.54. The number of hydrogen-bond donors (Lipinski definition) is 2. The SMILES string of the molecule is CC1CCCCN1CCCNC(=S)Nc1cc(C(F)(F)F)cc(C(F)(F)F)c1. The molecule has 1 saturated heterocycles. The molecule has 0 aromatic heterocycles. The number of rotatable bonds is 5. The number of piperidine rings is 1. The molecule has 1 atom stereocenters. The molecule has 28 heavy (non-hydrogen) atoms. The van der Waals surface area contributed by atoms with Crippen LogP contribution in [0.5, 0.6) is 0 Å². The Labute approximate surface area is 165 Å². The van der Waals surface area contributed by atoms with Gasteiger partial charge < -0.3 is 15.5 Å². The standard InChI is InChI=1S/C18H23F6N3S/c1-12-5-2-3-7-27(12)8-4-6-25-16(28)26-15-10-13(17(19,20)21)9-14(11-15)18(22,23)24/h9-12H,2-8H2,1H3,(H2,25,26,28). The predicted molar refractivity (Wildman–Crippen MR) is 100 cm³/mol. The van der Waals surface area contributed by atoms with Crippen LogP contribution in [-0.4, -0.2) is 35.7 Å². The van der Waals surface area contributed by atoms with Crippen LogP contribution in [0.4, 0.5) is 32.0 Å². The van der Waals surface area contributed by atoms with E-state index in [1.807, 2.05) is 0 Å². The summed E-state index contributed by atoms with van der Waals surface area (Å²) >= 11 is 5.00. The van der Waals surface area contributed by atoms with E-state index in [2.05, 4.69) is 22.5 Å².